The van der Waals surface area contributed by atoms with E-state index >= 15 is 0 Å². The molecule has 0 radical (unpaired) electrons. The number of hydrogen-bond donors (Lipinski definition) is 2. The molecule has 2 amide bonds. The number of Topliss-reactive ketones (excluding diaryl/α,β-unsaturated/α-hetero) is 1. The molecule has 30 heavy (non-hydrogen) atoms. The zero-order chi connectivity index (χ0) is 22.6. The van der Waals surface area contributed by atoms with Crippen molar-refractivity contribution < 1.29 is 33.4 Å². The molecule has 1 unspecified atom stereocenters. The molecule has 0 aromatic carbocycles. The van der Waals surface area contributed by atoms with Gasteiger partial charge in [0.25, 0.3) is 0 Å². The smallest absolute Gasteiger partial charge is 0.407 e. The highest BCUT2D eigenvalue weighted by Gasteiger charge is 2.21. The molecule has 0 aliphatic rings. The minimum Gasteiger partial charge on any atom is -0.456 e. The number of carbonyl (C=O) groups excluding carboxylic acids is 4. The van der Waals surface area contributed by atoms with E-state index < -0.39 is 30.0 Å². The van der Waals surface area contributed by atoms with Crippen LogP contribution in [0.4, 0.5) is 9.59 Å². The Balaban J connectivity index is 4.22. The predicted octanol–water partition coefficient (Wildman–Crippen LogP) is 3.49. The number of nitrogens with one attached hydrogen (secondary N) is 2. The lowest BCUT2D eigenvalue weighted by Crippen LogP contribution is -2.37. The van der Waals surface area contributed by atoms with Crippen LogP contribution in [0.3, 0.4) is 0 Å². The van der Waals surface area contributed by atoms with E-state index in [1.807, 2.05) is 0 Å². The number of carbonyl (C=O) groups is 4. The number of esters is 1. The zero-order valence-electron chi connectivity index (χ0n) is 18.6. The number of alkyl carbamates (subject to hydrolysis) is 2. The van der Waals surface area contributed by atoms with Gasteiger partial charge in [0.1, 0.15) is 13.2 Å². The van der Waals surface area contributed by atoms with Gasteiger partial charge >= 0.3 is 18.2 Å². The highest BCUT2D eigenvalue weighted by atomic mass is 16.6. The van der Waals surface area contributed by atoms with Crippen LogP contribution in [0.25, 0.3) is 0 Å². The molecule has 0 spiro atoms. The molecule has 0 aliphatic carbocycles. The molecule has 0 aromatic heterocycles. The average Bonchev–Trinajstić information content (AvgIpc) is 2.71. The molecule has 0 heterocycles. The Labute approximate surface area is 179 Å². The third kappa shape index (κ3) is 15.6. The lowest BCUT2D eigenvalue weighted by atomic mass is 10.1. The van der Waals surface area contributed by atoms with E-state index in [0.717, 1.165) is 19.3 Å². The van der Waals surface area contributed by atoms with E-state index in [1.165, 1.54) is 25.7 Å². The summed E-state index contributed by atoms with van der Waals surface area (Å²) in [6, 6.07) is 0. The number of unbranched alkanes of at least 4 members (excludes halogenated alkanes) is 7. The summed E-state index contributed by atoms with van der Waals surface area (Å²) in [6.45, 7) is 5.66. The number of ketones is 1. The third-order valence-corrected chi connectivity index (χ3v) is 4.20. The minimum atomic E-state index is -1.01. The summed E-state index contributed by atoms with van der Waals surface area (Å²) in [4.78, 5) is 46.8. The molecule has 1 atom stereocenters. The maximum Gasteiger partial charge on any atom is 0.407 e. The van der Waals surface area contributed by atoms with Crippen LogP contribution in [-0.4, -0.2) is 56.3 Å². The van der Waals surface area contributed by atoms with Gasteiger partial charge in [-0.1, -0.05) is 51.9 Å². The van der Waals surface area contributed by atoms with Crippen LogP contribution >= 0.6 is 0 Å². The molecule has 0 rings (SSSR count). The van der Waals surface area contributed by atoms with Gasteiger partial charge in [-0.2, -0.15) is 0 Å². The number of amides is 2. The fraction of sp³-hybridized carbons (Fsp3) is 0.810. The van der Waals surface area contributed by atoms with Gasteiger partial charge in [-0.25, -0.2) is 14.4 Å². The molecule has 0 aliphatic heterocycles. The Morgan fingerprint density at radius 3 is 1.83 bits per heavy atom. The molecule has 9 heteroatoms. The molecule has 9 nitrogen and oxygen atoms in total. The highest BCUT2D eigenvalue weighted by Crippen LogP contribution is 2.10. The Morgan fingerprint density at radius 1 is 0.700 bits per heavy atom. The summed E-state index contributed by atoms with van der Waals surface area (Å²) in [6.07, 6.45) is 6.34. The summed E-state index contributed by atoms with van der Waals surface area (Å²) in [5, 5.41) is 4.86. The normalized spacial score (nSPS) is 11.3. The second kappa shape index (κ2) is 18.7. The van der Waals surface area contributed by atoms with Crippen molar-refractivity contribution in [3.05, 3.63) is 0 Å². The van der Waals surface area contributed by atoms with E-state index in [-0.39, 0.29) is 19.6 Å². The first-order valence-electron chi connectivity index (χ1n) is 11.0. The molecule has 0 saturated heterocycles. The maximum absolute atomic E-state index is 11.9. The van der Waals surface area contributed by atoms with Crippen molar-refractivity contribution in [3.63, 3.8) is 0 Å². The second-order valence-electron chi connectivity index (χ2n) is 6.93. The van der Waals surface area contributed by atoms with E-state index in [2.05, 4.69) is 17.6 Å². The Morgan fingerprint density at radius 2 is 1.23 bits per heavy atom. The van der Waals surface area contributed by atoms with Crippen molar-refractivity contribution >= 4 is 23.9 Å². The second-order valence-corrected chi connectivity index (χ2v) is 6.93. The van der Waals surface area contributed by atoms with Gasteiger partial charge in [-0.05, 0) is 20.3 Å². The zero-order valence-corrected chi connectivity index (χ0v) is 18.6. The van der Waals surface area contributed by atoms with E-state index in [0.29, 0.717) is 19.5 Å². The topological polar surface area (TPSA) is 120 Å². The van der Waals surface area contributed by atoms with Crippen LogP contribution < -0.4 is 10.6 Å². The lowest BCUT2D eigenvalue weighted by molar-refractivity contribution is -0.156. The third-order valence-electron chi connectivity index (χ3n) is 4.20. The highest BCUT2D eigenvalue weighted by molar-refractivity contribution is 6.33. The van der Waals surface area contributed by atoms with Crippen LogP contribution in [0.2, 0.25) is 0 Å². The molecule has 0 bridgehead atoms. The van der Waals surface area contributed by atoms with E-state index in [4.69, 9.17) is 14.2 Å². The van der Waals surface area contributed by atoms with Crippen molar-refractivity contribution in [1.29, 1.82) is 0 Å². The monoisotopic (exact) mass is 430 g/mol. The van der Waals surface area contributed by atoms with Gasteiger partial charge in [-0.3, -0.25) is 4.79 Å². The van der Waals surface area contributed by atoms with Crippen molar-refractivity contribution in [2.24, 2.45) is 0 Å². The average molecular weight is 431 g/mol. The van der Waals surface area contributed by atoms with Gasteiger partial charge in [-0.15, -0.1) is 0 Å². The standard InChI is InChI=1S/C21H38N2O7/c1-4-7-8-9-10-11-12-13-14-18(24)19(25)28-15-17(30-21(27)23-6-3)16-29-20(26)22-5-2/h17H,4-16H2,1-3H3,(H,22,26)(H,23,27). The summed E-state index contributed by atoms with van der Waals surface area (Å²) >= 11 is 0. The molecule has 0 fully saturated rings. The van der Waals surface area contributed by atoms with E-state index in [9.17, 15) is 19.2 Å². The fourth-order valence-corrected chi connectivity index (χ4v) is 2.59. The number of ether oxygens (including phenoxy) is 3. The van der Waals surface area contributed by atoms with Crippen LogP contribution in [0.1, 0.15) is 78.6 Å². The predicted molar refractivity (Wildman–Crippen MR) is 112 cm³/mol. The van der Waals surface area contributed by atoms with Crippen molar-refractivity contribution in [2.45, 2.75) is 84.7 Å². The van der Waals surface area contributed by atoms with Crippen LogP contribution in [0.5, 0.6) is 0 Å². The molecular formula is C21H38N2O7. The van der Waals surface area contributed by atoms with Crippen LogP contribution in [0.15, 0.2) is 0 Å². The SMILES string of the molecule is CCCCCCCCCCC(=O)C(=O)OCC(COC(=O)NCC)OC(=O)NCC. The van der Waals surface area contributed by atoms with Gasteiger partial charge in [0.05, 0.1) is 0 Å². The molecule has 0 aromatic rings. The Bertz CT molecular complexity index is 512. The van der Waals surface area contributed by atoms with Crippen molar-refractivity contribution in [3.8, 4) is 0 Å². The van der Waals surface area contributed by atoms with Crippen molar-refractivity contribution in [1.82, 2.24) is 10.6 Å². The van der Waals surface area contributed by atoms with Gasteiger partial charge in [0, 0.05) is 19.5 Å². The van der Waals surface area contributed by atoms with Gasteiger partial charge < -0.3 is 24.8 Å². The first-order chi connectivity index (χ1) is 14.4. The quantitative estimate of drug-likeness (QED) is 0.157. The molecular weight excluding hydrogens is 392 g/mol. The lowest BCUT2D eigenvalue weighted by Gasteiger charge is -2.18. The Hall–Kier alpha value is -2.32. The summed E-state index contributed by atoms with van der Waals surface area (Å²) in [7, 11) is 0. The largest absolute Gasteiger partial charge is 0.456 e. The number of hydrogen-bond acceptors (Lipinski definition) is 7. The molecule has 0 saturated carbocycles. The van der Waals surface area contributed by atoms with Gasteiger partial charge in [0.15, 0.2) is 6.10 Å². The summed E-state index contributed by atoms with van der Waals surface area (Å²) in [5.74, 6) is -1.58. The Kier molecular flexibility index (Phi) is 17.2. The first-order valence-corrected chi connectivity index (χ1v) is 11.0. The van der Waals surface area contributed by atoms with Crippen molar-refractivity contribution in [2.75, 3.05) is 26.3 Å². The first kappa shape index (κ1) is 27.7. The summed E-state index contributed by atoms with van der Waals surface area (Å²) < 4.78 is 14.9. The minimum absolute atomic E-state index is 0.130. The maximum atomic E-state index is 11.9. The summed E-state index contributed by atoms with van der Waals surface area (Å²) in [5.41, 5.74) is 0. The van der Waals surface area contributed by atoms with E-state index in [1.54, 1.807) is 13.8 Å². The number of rotatable bonds is 17. The van der Waals surface area contributed by atoms with Crippen LogP contribution in [0, 0.1) is 0 Å². The van der Waals surface area contributed by atoms with Gasteiger partial charge in [0.2, 0.25) is 5.78 Å². The fourth-order valence-electron chi connectivity index (χ4n) is 2.59. The molecule has 174 valence electrons. The molecule has 2 N–H and O–H groups in total. The van der Waals surface area contributed by atoms with Crippen LogP contribution in [-0.2, 0) is 23.8 Å².